The Morgan fingerprint density at radius 3 is 2.69 bits per heavy atom. The van der Waals surface area contributed by atoms with Crippen molar-refractivity contribution in [2.24, 2.45) is 0 Å². The molecular formula is C20H22ClNO4. The fourth-order valence-corrected chi connectivity index (χ4v) is 2.60. The van der Waals surface area contributed by atoms with E-state index in [1.807, 2.05) is 38.4 Å². The summed E-state index contributed by atoms with van der Waals surface area (Å²) in [5.74, 6) is 1.24. The second kappa shape index (κ2) is 8.74. The molecule has 6 heteroatoms. The number of phenolic OH excluding ortho intramolecular Hbond substituents is 1. The Bertz CT molecular complexity index is 936. The number of ether oxygens (including phenoxy) is 1. The first-order chi connectivity index (χ1) is 12.0. The van der Waals surface area contributed by atoms with Gasteiger partial charge in [0.1, 0.15) is 22.8 Å². The quantitative estimate of drug-likeness (QED) is 0.661. The van der Waals surface area contributed by atoms with E-state index in [9.17, 15) is 9.90 Å². The minimum atomic E-state index is -0.145. The summed E-state index contributed by atoms with van der Waals surface area (Å²) >= 11 is 0. The average Bonchev–Trinajstić information content (AvgIpc) is 2.58. The molecule has 0 unspecified atom stereocenters. The fourth-order valence-electron chi connectivity index (χ4n) is 2.60. The molecule has 0 amide bonds. The van der Waals surface area contributed by atoms with Gasteiger partial charge in [0.15, 0.2) is 5.43 Å². The summed E-state index contributed by atoms with van der Waals surface area (Å²) in [6.45, 7) is 1.58. The minimum Gasteiger partial charge on any atom is -0.508 e. The predicted molar refractivity (Wildman–Crippen MR) is 105 cm³/mol. The summed E-state index contributed by atoms with van der Waals surface area (Å²) in [5, 5.41) is 10.0. The smallest absolute Gasteiger partial charge is 0.193 e. The van der Waals surface area contributed by atoms with Crippen LogP contribution in [0.15, 0.2) is 57.7 Å². The molecule has 3 rings (SSSR count). The van der Waals surface area contributed by atoms with Crippen molar-refractivity contribution in [3.05, 3.63) is 58.8 Å². The SMILES string of the molecule is CN(C)CCCOc1cccc(-c2cc(=O)c3ccc(O)cc3o2)c1.Cl. The molecule has 5 nitrogen and oxygen atoms in total. The van der Waals surface area contributed by atoms with Crippen LogP contribution in [0.25, 0.3) is 22.3 Å². The molecule has 0 bridgehead atoms. The number of hydrogen-bond donors (Lipinski definition) is 1. The molecule has 0 fully saturated rings. The monoisotopic (exact) mass is 375 g/mol. The van der Waals surface area contributed by atoms with Crippen LogP contribution in [0.4, 0.5) is 0 Å². The van der Waals surface area contributed by atoms with Gasteiger partial charge in [0.05, 0.1) is 12.0 Å². The van der Waals surface area contributed by atoms with Gasteiger partial charge in [-0.2, -0.15) is 0 Å². The molecule has 0 aliphatic rings. The van der Waals surface area contributed by atoms with Crippen molar-refractivity contribution in [2.75, 3.05) is 27.2 Å². The zero-order valence-corrected chi connectivity index (χ0v) is 15.6. The molecule has 0 saturated carbocycles. The lowest BCUT2D eigenvalue weighted by Gasteiger charge is -2.11. The van der Waals surface area contributed by atoms with Crippen molar-refractivity contribution in [2.45, 2.75) is 6.42 Å². The van der Waals surface area contributed by atoms with Crippen LogP contribution in [0.1, 0.15) is 6.42 Å². The molecule has 0 aliphatic heterocycles. The second-order valence-electron chi connectivity index (χ2n) is 6.19. The minimum absolute atomic E-state index is 0. The molecule has 1 N–H and O–H groups in total. The van der Waals surface area contributed by atoms with Crippen LogP contribution >= 0.6 is 12.4 Å². The number of phenols is 1. The van der Waals surface area contributed by atoms with Crippen LogP contribution in [0.3, 0.4) is 0 Å². The molecule has 0 aliphatic carbocycles. The van der Waals surface area contributed by atoms with Gasteiger partial charge in [0.25, 0.3) is 0 Å². The number of hydrogen-bond acceptors (Lipinski definition) is 5. The molecule has 0 spiro atoms. The van der Waals surface area contributed by atoms with Crippen LogP contribution < -0.4 is 10.2 Å². The van der Waals surface area contributed by atoms with Crippen molar-refractivity contribution in [1.82, 2.24) is 4.90 Å². The summed E-state index contributed by atoms with van der Waals surface area (Å²) < 4.78 is 11.6. The maximum Gasteiger partial charge on any atom is 0.193 e. The van der Waals surface area contributed by atoms with Crippen LogP contribution in [-0.2, 0) is 0 Å². The third-order valence-corrected chi connectivity index (χ3v) is 3.85. The van der Waals surface area contributed by atoms with Gasteiger partial charge in [-0.15, -0.1) is 12.4 Å². The highest BCUT2D eigenvalue weighted by Gasteiger charge is 2.08. The lowest BCUT2D eigenvalue weighted by atomic mass is 10.1. The van der Waals surface area contributed by atoms with Crippen LogP contribution in [0.5, 0.6) is 11.5 Å². The summed E-state index contributed by atoms with van der Waals surface area (Å²) in [7, 11) is 4.06. The largest absolute Gasteiger partial charge is 0.508 e. The third-order valence-electron chi connectivity index (χ3n) is 3.85. The highest BCUT2D eigenvalue weighted by atomic mass is 35.5. The molecular weight excluding hydrogens is 354 g/mol. The predicted octanol–water partition coefficient (Wildman–Crippen LogP) is 3.92. The molecule has 138 valence electrons. The lowest BCUT2D eigenvalue weighted by molar-refractivity contribution is 0.281. The molecule has 1 aromatic heterocycles. The molecule has 0 saturated heterocycles. The Hall–Kier alpha value is -2.50. The zero-order chi connectivity index (χ0) is 17.8. The number of benzene rings is 2. The number of halogens is 1. The Labute approximate surface area is 158 Å². The van der Waals surface area contributed by atoms with Gasteiger partial charge in [-0.1, -0.05) is 12.1 Å². The van der Waals surface area contributed by atoms with E-state index < -0.39 is 0 Å². The van der Waals surface area contributed by atoms with E-state index in [0.29, 0.717) is 23.3 Å². The summed E-state index contributed by atoms with van der Waals surface area (Å²) in [4.78, 5) is 14.4. The summed E-state index contributed by atoms with van der Waals surface area (Å²) in [6.07, 6.45) is 0.932. The van der Waals surface area contributed by atoms with Crippen molar-refractivity contribution >= 4 is 23.4 Å². The summed E-state index contributed by atoms with van der Waals surface area (Å²) in [5.41, 5.74) is 0.973. The van der Waals surface area contributed by atoms with Gasteiger partial charge in [0.2, 0.25) is 0 Å². The molecule has 2 aromatic carbocycles. The average molecular weight is 376 g/mol. The van der Waals surface area contributed by atoms with Crippen molar-refractivity contribution in [3.8, 4) is 22.8 Å². The maximum absolute atomic E-state index is 12.3. The van der Waals surface area contributed by atoms with Crippen LogP contribution in [0, 0.1) is 0 Å². The van der Waals surface area contributed by atoms with E-state index in [2.05, 4.69) is 4.90 Å². The molecule has 3 aromatic rings. The number of nitrogens with zero attached hydrogens (tertiary/aromatic N) is 1. The Kier molecular flexibility index (Phi) is 6.66. The van der Waals surface area contributed by atoms with E-state index in [-0.39, 0.29) is 23.6 Å². The van der Waals surface area contributed by atoms with E-state index in [1.165, 1.54) is 18.2 Å². The van der Waals surface area contributed by atoms with Crippen molar-refractivity contribution in [1.29, 1.82) is 0 Å². The van der Waals surface area contributed by atoms with Gasteiger partial charge >= 0.3 is 0 Å². The Morgan fingerprint density at radius 2 is 1.92 bits per heavy atom. The van der Waals surface area contributed by atoms with E-state index in [4.69, 9.17) is 9.15 Å². The highest BCUT2D eigenvalue weighted by Crippen LogP contribution is 2.27. The first-order valence-corrected chi connectivity index (χ1v) is 8.18. The number of aromatic hydroxyl groups is 1. The first-order valence-electron chi connectivity index (χ1n) is 8.18. The standard InChI is InChI=1S/C20H21NO4.ClH/c1-21(2)9-4-10-24-16-6-3-5-14(11-16)19-13-18(23)17-8-7-15(22)12-20(17)25-19;/h3,5-8,11-13,22H,4,9-10H2,1-2H3;1H. The lowest BCUT2D eigenvalue weighted by Crippen LogP contribution is -2.15. The van der Waals surface area contributed by atoms with Crippen molar-refractivity contribution < 1.29 is 14.3 Å². The molecule has 0 radical (unpaired) electrons. The molecule has 1 heterocycles. The van der Waals surface area contributed by atoms with Gasteiger partial charge in [0, 0.05) is 24.2 Å². The van der Waals surface area contributed by atoms with Gasteiger partial charge < -0.3 is 19.2 Å². The topological polar surface area (TPSA) is 62.9 Å². The zero-order valence-electron chi connectivity index (χ0n) is 14.8. The van der Waals surface area contributed by atoms with Gasteiger partial charge in [-0.05, 0) is 44.8 Å². The van der Waals surface area contributed by atoms with Gasteiger partial charge in [-0.25, -0.2) is 0 Å². The van der Waals surface area contributed by atoms with E-state index in [1.54, 1.807) is 6.07 Å². The second-order valence-corrected chi connectivity index (χ2v) is 6.19. The highest BCUT2D eigenvalue weighted by molar-refractivity contribution is 5.85. The van der Waals surface area contributed by atoms with Crippen LogP contribution in [-0.4, -0.2) is 37.3 Å². The molecule has 26 heavy (non-hydrogen) atoms. The number of fused-ring (bicyclic) bond motifs is 1. The van der Waals surface area contributed by atoms with Crippen molar-refractivity contribution in [3.63, 3.8) is 0 Å². The van der Waals surface area contributed by atoms with Gasteiger partial charge in [-0.3, -0.25) is 4.79 Å². The fraction of sp³-hybridized carbons (Fsp3) is 0.250. The number of rotatable bonds is 6. The first kappa shape index (κ1) is 19.8. The maximum atomic E-state index is 12.3. The summed E-state index contributed by atoms with van der Waals surface area (Å²) in [6, 6.07) is 13.4. The normalized spacial score (nSPS) is 10.7. The third kappa shape index (κ3) is 4.77. The van der Waals surface area contributed by atoms with E-state index >= 15 is 0 Å². The Balaban J connectivity index is 0.00000243. The van der Waals surface area contributed by atoms with Crippen LogP contribution in [0.2, 0.25) is 0 Å². The van der Waals surface area contributed by atoms with E-state index in [0.717, 1.165) is 24.3 Å². The molecule has 0 atom stereocenters. The Morgan fingerprint density at radius 1 is 1.12 bits per heavy atom.